The molecule has 3 nitrogen and oxygen atoms in total. The highest BCUT2D eigenvalue weighted by Crippen LogP contribution is 2.42. The molecule has 0 amide bonds. The summed E-state index contributed by atoms with van der Waals surface area (Å²) in [6.07, 6.45) is 4.94. The summed E-state index contributed by atoms with van der Waals surface area (Å²) in [4.78, 5) is 7.23. The number of hydrogen-bond donors (Lipinski definition) is 1. The van der Waals surface area contributed by atoms with Gasteiger partial charge in [-0.05, 0) is 56.7 Å². The fraction of sp³-hybridized carbons (Fsp3) is 0.722. The molecule has 0 spiro atoms. The molecule has 1 aliphatic carbocycles. The third-order valence-corrected chi connectivity index (χ3v) is 5.27. The van der Waals surface area contributed by atoms with E-state index in [9.17, 15) is 0 Å². The van der Waals surface area contributed by atoms with Crippen molar-refractivity contribution in [1.82, 2.24) is 9.88 Å². The number of aryl methyl sites for hydroxylation is 1. The van der Waals surface area contributed by atoms with Gasteiger partial charge in [-0.1, -0.05) is 26.8 Å². The van der Waals surface area contributed by atoms with Crippen LogP contribution in [0.15, 0.2) is 18.2 Å². The zero-order valence-electron chi connectivity index (χ0n) is 14.2. The maximum Gasteiger partial charge on any atom is 0.0547 e. The molecule has 3 heteroatoms. The summed E-state index contributed by atoms with van der Waals surface area (Å²) in [7, 11) is 0. The van der Waals surface area contributed by atoms with Crippen LogP contribution in [0.3, 0.4) is 0 Å². The number of pyridine rings is 1. The Hall–Kier alpha value is -0.930. The molecule has 0 atom stereocenters. The molecule has 21 heavy (non-hydrogen) atoms. The first kappa shape index (κ1) is 16.4. The number of rotatable bonds is 5. The van der Waals surface area contributed by atoms with Gasteiger partial charge >= 0.3 is 0 Å². The van der Waals surface area contributed by atoms with E-state index in [2.05, 4.69) is 55.8 Å². The largest absolute Gasteiger partial charge is 0.329 e. The van der Waals surface area contributed by atoms with E-state index in [4.69, 9.17) is 5.73 Å². The third kappa shape index (κ3) is 3.83. The molecule has 1 aromatic heterocycles. The molecule has 1 saturated carbocycles. The van der Waals surface area contributed by atoms with Crippen LogP contribution < -0.4 is 5.73 Å². The minimum absolute atomic E-state index is 0.162. The maximum atomic E-state index is 6.22. The standard InChI is InChI=1S/C18H31N3/c1-5-21(13-16-8-6-7-15(2)20-16)18(14-19)11-9-17(3,4)10-12-18/h6-8H,5,9-14,19H2,1-4H3. The van der Waals surface area contributed by atoms with Gasteiger partial charge in [0, 0.05) is 24.3 Å². The highest BCUT2D eigenvalue weighted by molar-refractivity contribution is 5.11. The van der Waals surface area contributed by atoms with Crippen molar-refractivity contribution >= 4 is 0 Å². The van der Waals surface area contributed by atoms with E-state index in [1.807, 2.05) is 0 Å². The number of hydrogen-bond acceptors (Lipinski definition) is 3. The highest BCUT2D eigenvalue weighted by atomic mass is 15.2. The Morgan fingerprint density at radius 1 is 1.19 bits per heavy atom. The normalized spacial score (nSPS) is 20.7. The van der Waals surface area contributed by atoms with Gasteiger partial charge in [0.2, 0.25) is 0 Å². The van der Waals surface area contributed by atoms with Crippen molar-refractivity contribution in [3.05, 3.63) is 29.6 Å². The van der Waals surface area contributed by atoms with Gasteiger partial charge in [0.15, 0.2) is 0 Å². The molecule has 118 valence electrons. The van der Waals surface area contributed by atoms with Crippen LogP contribution in [0.25, 0.3) is 0 Å². The van der Waals surface area contributed by atoms with Gasteiger partial charge in [-0.3, -0.25) is 9.88 Å². The number of aromatic nitrogens is 1. The van der Waals surface area contributed by atoms with E-state index < -0.39 is 0 Å². The van der Waals surface area contributed by atoms with Crippen molar-refractivity contribution in [3.8, 4) is 0 Å². The van der Waals surface area contributed by atoms with Crippen LogP contribution in [-0.2, 0) is 6.54 Å². The Kier molecular flexibility index (Phi) is 5.05. The van der Waals surface area contributed by atoms with E-state index in [0.717, 1.165) is 31.0 Å². The second kappa shape index (κ2) is 6.45. The Morgan fingerprint density at radius 2 is 1.86 bits per heavy atom. The van der Waals surface area contributed by atoms with Gasteiger partial charge < -0.3 is 5.73 Å². The predicted molar refractivity (Wildman–Crippen MR) is 89.1 cm³/mol. The van der Waals surface area contributed by atoms with Crippen LogP contribution in [0, 0.1) is 12.3 Å². The summed E-state index contributed by atoms with van der Waals surface area (Å²) >= 11 is 0. The summed E-state index contributed by atoms with van der Waals surface area (Å²) in [5.41, 5.74) is 9.11. The molecule has 1 aromatic rings. The van der Waals surface area contributed by atoms with Gasteiger partial charge in [-0.15, -0.1) is 0 Å². The molecular formula is C18H31N3. The minimum atomic E-state index is 0.162. The summed E-state index contributed by atoms with van der Waals surface area (Å²) in [5, 5.41) is 0. The van der Waals surface area contributed by atoms with E-state index in [-0.39, 0.29) is 5.54 Å². The second-order valence-electron chi connectivity index (χ2n) is 7.38. The lowest BCUT2D eigenvalue weighted by Gasteiger charge is -2.49. The molecule has 0 bridgehead atoms. The zero-order valence-corrected chi connectivity index (χ0v) is 14.2. The molecule has 1 heterocycles. The van der Waals surface area contributed by atoms with Gasteiger partial charge in [0.1, 0.15) is 0 Å². The van der Waals surface area contributed by atoms with Crippen molar-refractivity contribution in [1.29, 1.82) is 0 Å². The first-order valence-electron chi connectivity index (χ1n) is 8.28. The lowest BCUT2D eigenvalue weighted by molar-refractivity contribution is 0.0198. The van der Waals surface area contributed by atoms with Crippen LogP contribution >= 0.6 is 0 Å². The maximum absolute atomic E-state index is 6.22. The molecule has 2 N–H and O–H groups in total. The van der Waals surface area contributed by atoms with Crippen molar-refractivity contribution in [3.63, 3.8) is 0 Å². The fourth-order valence-corrected chi connectivity index (χ4v) is 3.54. The van der Waals surface area contributed by atoms with Crippen LogP contribution in [0.5, 0.6) is 0 Å². The average molecular weight is 289 g/mol. The third-order valence-electron chi connectivity index (χ3n) is 5.27. The Morgan fingerprint density at radius 3 is 2.38 bits per heavy atom. The quantitative estimate of drug-likeness (QED) is 0.902. The van der Waals surface area contributed by atoms with Crippen molar-refractivity contribution in [2.75, 3.05) is 13.1 Å². The number of nitrogens with two attached hydrogens (primary N) is 1. The van der Waals surface area contributed by atoms with Gasteiger partial charge in [0.25, 0.3) is 0 Å². The van der Waals surface area contributed by atoms with Crippen molar-refractivity contribution in [2.45, 2.75) is 65.5 Å². The first-order valence-corrected chi connectivity index (χ1v) is 8.28. The Bertz CT molecular complexity index is 457. The van der Waals surface area contributed by atoms with Crippen molar-refractivity contribution < 1.29 is 0 Å². The van der Waals surface area contributed by atoms with Crippen LogP contribution in [0.4, 0.5) is 0 Å². The van der Waals surface area contributed by atoms with Crippen LogP contribution in [0.2, 0.25) is 0 Å². The SMILES string of the molecule is CCN(Cc1cccc(C)n1)C1(CN)CCC(C)(C)CC1. The predicted octanol–water partition coefficient (Wildman–Crippen LogP) is 3.51. The topological polar surface area (TPSA) is 42.2 Å². The monoisotopic (exact) mass is 289 g/mol. The Labute approximate surface area is 129 Å². The second-order valence-corrected chi connectivity index (χ2v) is 7.38. The first-order chi connectivity index (χ1) is 9.91. The van der Waals surface area contributed by atoms with Gasteiger partial charge in [0.05, 0.1) is 5.69 Å². The lowest BCUT2D eigenvalue weighted by atomic mass is 9.68. The van der Waals surface area contributed by atoms with Crippen LogP contribution in [0.1, 0.15) is 57.8 Å². The lowest BCUT2D eigenvalue weighted by Crippen LogP contribution is -2.56. The van der Waals surface area contributed by atoms with E-state index in [1.165, 1.54) is 25.7 Å². The Balaban J connectivity index is 2.14. The smallest absolute Gasteiger partial charge is 0.0547 e. The fourth-order valence-electron chi connectivity index (χ4n) is 3.54. The van der Waals surface area contributed by atoms with E-state index in [0.29, 0.717) is 5.41 Å². The summed E-state index contributed by atoms with van der Waals surface area (Å²) in [6, 6.07) is 6.29. The molecule has 1 aliphatic rings. The highest BCUT2D eigenvalue weighted by Gasteiger charge is 2.41. The number of likely N-dealkylation sites (N-methyl/N-ethyl adjacent to an activating group) is 1. The number of nitrogens with zero attached hydrogens (tertiary/aromatic N) is 2. The summed E-state index contributed by atoms with van der Waals surface area (Å²) in [5.74, 6) is 0. The minimum Gasteiger partial charge on any atom is -0.329 e. The average Bonchev–Trinajstić information content (AvgIpc) is 2.46. The molecule has 0 aromatic carbocycles. The van der Waals surface area contributed by atoms with Gasteiger partial charge in [-0.2, -0.15) is 0 Å². The molecular weight excluding hydrogens is 258 g/mol. The van der Waals surface area contributed by atoms with Crippen molar-refractivity contribution in [2.24, 2.45) is 11.1 Å². The van der Waals surface area contributed by atoms with E-state index in [1.54, 1.807) is 0 Å². The molecule has 1 fully saturated rings. The molecule has 0 saturated heterocycles. The molecule has 0 aliphatic heterocycles. The van der Waals surface area contributed by atoms with E-state index >= 15 is 0 Å². The summed E-state index contributed by atoms with van der Waals surface area (Å²) < 4.78 is 0. The van der Waals surface area contributed by atoms with Gasteiger partial charge in [-0.25, -0.2) is 0 Å². The molecule has 0 radical (unpaired) electrons. The molecule has 2 rings (SSSR count). The summed E-state index contributed by atoms with van der Waals surface area (Å²) in [6.45, 7) is 11.8. The molecule has 0 unspecified atom stereocenters. The zero-order chi connectivity index (χ0) is 15.5. The van der Waals surface area contributed by atoms with Crippen LogP contribution in [-0.4, -0.2) is 28.5 Å².